The lowest BCUT2D eigenvalue weighted by atomic mass is 10.2. The van der Waals surface area contributed by atoms with Crippen LogP contribution in [0.15, 0.2) is 12.3 Å². The van der Waals surface area contributed by atoms with Crippen LogP contribution in [0.25, 0.3) is 0 Å². The Balaban J connectivity index is 2.08. The predicted molar refractivity (Wildman–Crippen MR) is 66.0 cm³/mol. The van der Waals surface area contributed by atoms with E-state index in [9.17, 15) is 26.4 Å². The summed E-state index contributed by atoms with van der Waals surface area (Å²) in [6, 6.07) is 0.558. The number of ether oxygens (including phenoxy) is 1. The molecule has 2 rings (SSSR count). The smallest absolute Gasteiger partial charge is 0.380 e. The summed E-state index contributed by atoms with van der Waals surface area (Å²) in [4.78, 5) is 13.6. The number of halogens is 3. The van der Waals surface area contributed by atoms with Gasteiger partial charge in [0, 0.05) is 12.8 Å². The second-order valence-electron chi connectivity index (χ2n) is 4.62. The topological polar surface area (TPSA) is 88.3 Å². The molecule has 6 nitrogen and oxygen atoms in total. The summed E-state index contributed by atoms with van der Waals surface area (Å²) in [5.41, 5.74) is -1.52. The van der Waals surface area contributed by atoms with Gasteiger partial charge >= 0.3 is 6.18 Å². The van der Waals surface area contributed by atoms with Crippen LogP contribution in [-0.2, 0) is 20.9 Å². The van der Waals surface area contributed by atoms with Gasteiger partial charge in [-0.05, 0) is 18.9 Å². The third-order valence-electron chi connectivity index (χ3n) is 3.04. The molecule has 0 radical (unpaired) electrons. The van der Waals surface area contributed by atoms with Crippen molar-refractivity contribution >= 4 is 15.9 Å². The number of aromatic amines is 1. The second kappa shape index (κ2) is 5.68. The molecule has 1 aromatic rings. The van der Waals surface area contributed by atoms with Crippen LogP contribution in [-0.4, -0.2) is 37.8 Å². The first-order chi connectivity index (χ1) is 9.70. The molecule has 10 heteroatoms. The van der Waals surface area contributed by atoms with Crippen LogP contribution in [0.1, 0.15) is 28.9 Å². The minimum absolute atomic E-state index is 0.0381. The van der Waals surface area contributed by atoms with Crippen LogP contribution >= 0.6 is 0 Å². The maximum Gasteiger partial charge on any atom is 0.431 e. The molecule has 2 heterocycles. The Kier molecular flexibility index (Phi) is 4.28. The van der Waals surface area contributed by atoms with Crippen LogP contribution in [0.4, 0.5) is 13.2 Å². The van der Waals surface area contributed by atoms with E-state index < -0.39 is 38.6 Å². The molecule has 1 amide bonds. The number of carbonyl (C=O) groups excluding carboxylic acids is 1. The maximum absolute atomic E-state index is 12.4. The summed E-state index contributed by atoms with van der Waals surface area (Å²) < 4.78 is 67.8. The van der Waals surface area contributed by atoms with E-state index in [1.54, 1.807) is 4.72 Å². The number of sulfonamides is 1. The van der Waals surface area contributed by atoms with E-state index in [1.807, 2.05) is 4.98 Å². The third kappa shape index (κ3) is 3.76. The zero-order valence-electron chi connectivity index (χ0n) is 10.7. The quantitative estimate of drug-likeness (QED) is 0.875. The number of amides is 1. The Labute approximate surface area is 118 Å². The molecule has 118 valence electrons. The number of H-pyrrole nitrogens is 1. The van der Waals surface area contributed by atoms with Crippen molar-refractivity contribution in [2.45, 2.75) is 24.3 Å². The molecule has 1 aliphatic rings. The molecule has 1 aromatic heterocycles. The average Bonchev–Trinajstić information content (AvgIpc) is 2.89. The van der Waals surface area contributed by atoms with Crippen molar-refractivity contribution in [3.63, 3.8) is 0 Å². The average molecular weight is 326 g/mol. The van der Waals surface area contributed by atoms with Gasteiger partial charge in [-0.25, -0.2) is 13.1 Å². The summed E-state index contributed by atoms with van der Waals surface area (Å²) in [6.45, 7) is 0.413. The van der Waals surface area contributed by atoms with E-state index in [0.717, 1.165) is 6.20 Å². The molecule has 0 aromatic carbocycles. The lowest BCUT2D eigenvalue weighted by Crippen LogP contribution is -2.42. The largest absolute Gasteiger partial charge is 0.431 e. The predicted octanol–water partition coefficient (Wildman–Crippen LogP) is 1.27. The first kappa shape index (κ1) is 15.8. The number of hydrogen-bond acceptors (Lipinski definition) is 4. The van der Waals surface area contributed by atoms with Crippen molar-refractivity contribution in [3.8, 4) is 0 Å². The van der Waals surface area contributed by atoms with Crippen molar-refractivity contribution < 1.29 is 31.1 Å². The van der Waals surface area contributed by atoms with Gasteiger partial charge in [0.15, 0.2) is 0 Å². The van der Waals surface area contributed by atoms with E-state index in [2.05, 4.69) is 0 Å². The van der Waals surface area contributed by atoms with Crippen LogP contribution in [0.5, 0.6) is 0 Å². The van der Waals surface area contributed by atoms with Crippen molar-refractivity contribution in [1.29, 1.82) is 0 Å². The Hall–Kier alpha value is -1.55. The molecule has 1 unspecified atom stereocenters. The van der Waals surface area contributed by atoms with Gasteiger partial charge in [-0.15, -0.1) is 0 Å². The zero-order chi connectivity index (χ0) is 15.7. The lowest BCUT2D eigenvalue weighted by molar-refractivity contribution is -0.140. The summed E-state index contributed by atoms with van der Waals surface area (Å²) >= 11 is 0. The molecule has 0 spiro atoms. The van der Waals surface area contributed by atoms with Crippen LogP contribution in [0.2, 0.25) is 0 Å². The molecule has 0 aliphatic carbocycles. The van der Waals surface area contributed by atoms with E-state index in [-0.39, 0.29) is 6.61 Å². The number of hydrogen-bond donors (Lipinski definition) is 2. The number of nitrogens with one attached hydrogen (secondary N) is 2. The number of alkyl halides is 3. The molecular formula is C11H13F3N2O4S. The standard InChI is InChI=1S/C11H13F3N2O4S/c12-11(13,14)9-4-7(5-15-9)10(17)16-21(18,19)8-2-1-3-20-6-8/h4-5,8,15H,1-3,6H2,(H,16,17). The van der Waals surface area contributed by atoms with Gasteiger partial charge in [-0.3, -0.25) is 4.79 Å². The van der Waals surface area contributed by atoms with Gasteiger partial charge in [0.25, 0.3) is 5.91 Å². The molecule has 1 fully saturated rings. The zero-order valence-corrected chi connectivity index (χ0v) is 11.6. The second-order valence-corrected chi connectivity index (χ2v) is 6.58. The first-order valence-corrected chi connectivity index (χ1v) is 7.64. The molecule has 1 atom stereocenters. The van der Waals surface area contributed by atoms with Crippen molar-refractivity contribution in [2.24, 2.45) is 0 Å². The molecular weight excluding hydrogens is 313 g/mol. The summed E-state index contributed by atoms with van der Waals surface area (Å²) in [6.07, 6.45) is -2.94. The highest BCUT2D eigenvalue weighted by molar-refractivity contribution is 7.90. The fraction of sp³-hybridized carbons (Fsp3) is 0.545. The fourth-order valence-corrected chi connectivity index (χ4v) is 3.21. The Morgan fingerprint density at radius 2 is 2.14 bits per heavy atom. The summed E-state index contributed by atoms with van der Waals surface area (Å²) in [5.74, 6) is -1.10. The van der Waals surface area contributed by atoms with Gasteiger partial charge in [0.1, 0.15) is 10.9 Å². The van der Waals surface area contributed by atoms with Crippen molar-refractivity contribution in [2.75, 3.05) is 13.2 Å². The van der Waals surface area contributed by atoms with Crippen molar-refractivity contribution in [1.82, 2.24) is 9.71 Å². The number of rotatable bonds is 3. The highest BCUT2D eigenvalue weighted by Crippen LogP contribution is 2.28. The monoisotopic (exact) mass is 326 g/mol. The lowest BCUT2D eigenvalue weighted by Gasteiger charge is -2.22. The van der Waals surface area contributed by atoms with E-state index in [0.29, 0.717) is 25.5 Å². The molecule has 21 heavy (non-hydrogen) atoms. The third-order valence-corrected chi connectivity index (χ3v) is 4.76. The highest BCUT2D eigenvalue weighted by atomic mass is 32.2. The van der Waals surface area contributed by atoms with Gasteiger partial charge in [0.2, 0.25) is 10.0 Å². The Morgan fingerprint density at radius 1 is 1.43 bits per heavy atom. The summed E-state index contributed by atoms with van der Waals surface area (Å²) in [5, 5.41) is -0.878. The first-order valence-electron chi connectivity index (χ1n) is 6.09. The normalized spacial score (nSPS) is 20.2. The van der Waals surface area contributed by atoms with E-state index >= 15 is 0 Å². The van der Waals surface area contributed by atoms with Crippen LogP contribution in [0, 0.1) is 0 Å². The van der Waals surface area contributed by atoms with E-state index in [4.69, 9.17) is 4.74 Å². The summed E-state index contributed by atoms with van der Waals surface area (Å²) in [7, 11) is -3.98. The van der Waals surface area contributed by atoms with Gasteiger partial charge in [-0.2, -0.15) is 13.2 Å². The molecule has 2 N–H and O–H groups in total. The highest BCUT2D eigenvalue weighted by Gasteiger charge is 2.34. The minimum atomic E-state index is -4.63. The van der Waals surface area contributed by atoms with Gasteiger partial charge in [-0.1, -0.05) is 0 Å². The van der Waals surface area contributed by atoms with Crippen molar-refractivity contribution in [3.05, 3.63) is 23.5 Å². The Bertz CT molecular complexity index is 618. The SMILES string of the molecule is O=C(NS(=O)(=O)C1CCCOC1)c1c[nH]c(C(F)(F)F)c1. The molecule has 0 saturated carbocycles. The van der Waals surface area contributed by atoms with Gasteiger partial charge < -0.3 is 9.72 Å². The molecule has 1 aliphatic heterocycles. The van der Waals surface area contributed by atoms with E-state index in [1.165, 1.54) is 0 Å². The molecule has 0 bridgehead atoms. The maximum atomic E-state index is 12.4. The fourth-order valence-electron chi connectivity index (χ4n) is 1.92. The minimum Gasteiger partial charge on any atom is -0.380 e. The number of aromatic nitrogens is 1. The Morgan fingerprint density at radius 3 is 2.67 bits per heavy atom. The van der Waals surface area contributed by atoms with Gasteiger partial charge in [0.05, 0.1) is 12.2 Å². The van der Waals surface area contributed by atoms with Crippen LogP contribution < -0.4 is 4.72 Å². The number of carbonyl (C=O) groups is 1. The molecule has 1 saturated heterocycles. The van der Waals surface area contributed by atoms with Crippen LogP contribution in [0.3, 0.4) is 0 Å².